The molecule has 39 heavy (non-hydrogen) atoms. The maximum atomic E-state index is 13.5. The highest BCUT2D eigenvalue weighted by Crippen LogP contribution is 2.26. The van der Waals surface area contributed by atoms with Crippen molar-refractivity contribution in [3.05, 3.63) is 120 Å². The standard InChI is InChI=1S/C29H24N4O5S/c30-20-19-22-11-15-24(16-12-22)32-28(34)21-31-29(35)23-13-17-27(18-14-23)39(36,37)33(25-7-3-1-4-8-25)38-26-9-5-2-6-10-26/h1-18H,19,21H2,(H,31,35)(H,32,34). The Morgan fingerprint density at radius 1 is 0.821 bits per heavy atom. The second-order valence-electron chi connectivity index (χ2n) is 8.26. The largest absolute Gasteiger partial charge is 0.364 e. The van der Waals surface area contributed by atoms with Gasteiger partial charge in [-0.05, 0) is 66.2 Å². The lowest BCUT2D eigenvalue weighted by atomic mass is 10.1. The second-order valence-corrected chi connectivity index (χ2v) is 10.0. The molecule has 4 rings (SSSR count). The zero-order chi connectivity index (χ0) is 27.7. The molecule has 9 nitrogen and oxygen atoms in total. The number of sulfonamides is 1. The molecule has 0 unspecified atom stereocenters. The summed E-state index contributed by atoms with van der Waals surface area (Å²) < 4.78 is 27.8. The molecule has 196 valence electrons. The Hall–Kier alpha value is -5.14. The summed E-state index contributed by atoms with van der Waals surface area (Å²) in [5.41, 5.74) is 1.84. The van der Waals surface area contributed by atoms with Gasteiger partial charge in [0.1, 0.15) is 0 Å². The molecule has 0 bridgehead atoms. The van der Waals surface area contributed by atoms with E-state index in [0.717, 1.165) is 10.0 Å². The fraction of sp³-hybridized carbons (Fsp3) is 0.0690. The molecule has 0 spiro atoms. The molecule has 0 aliphatic carbocycles. The highest BCUT2D eigenvalue weighted by atomic mass is 32.2. The van der Waals surface area contributed by atoms with Crippen molar-refractivity contribution < 1.29 is 22.8 Å². The van der Waals surface area contributed by atoms with Gasteiger partial charge in [-0.3, -0.25) is 9.59 Å². The first kappa shape index (κ1) is 26.9. The number of anilines is 2. The van der Waals surface area contributed by atoms with Gasteiger partial charge in [0.2, 0.25) is 5.91 Å². The Labute approximate surface area is 226 Å². The third-order valence-electron chi connectivity index (χ3n) is 5.46. The SMILES string of the molecule is N#CCc1ccc(NC(=O)CNC(=O)c2ccc(S(=O)(=O)N(Oc3ccccc3)c3ccccc3)cc2)cc1. The number of nitrogens with zero attached hydrogens (tertiary/aromatic N) is 2. The van der Waals surface area contributed by atoms with Crippen molar-refractivity contribution in [1.82, 2.24) is 5.32 Å². The van der Waals surface area contributed by atoms with Crippen LogP contribution in [0.1, 0.15) is 15.9 Å². The predicted octanol–water partition coefficient (Wildman–Crippen LogP) is 4.31. The van der Waals surface area contributed by atoms with Crippen LogP contribution in [0.15, 0.2) is 114 Å². The molecular formula is C29H24N4O5S. The van der Waals surface area contributed by atoms with Crippen LogP contribution < -0.4 is 19.9 Å². The first-order valence-corrected chi connectivity index (χ1v) is 13.3. The third-order valence-corrected chi connectivity index (χ3v) is 7.05. The summed E-state index contributed by atoms with van der Waals surface area (Å²) in [6.45, 7) is -0.286. The van der Waals surface area contributed by atoms with E-state index >= 15 is 0 Å². The number of rotatable bonds is 10. The van der Waals surface area contributed by atoms with Crippen LogP contribution in [0.3, 0.4) is 0 Å². The van der Waals surface area contributed by atoms with E-state index in [2.05, 4.69) is 10.6 Å². The molecule has 2 amide bonds. The highest BCUT2D eigenvalue weighted by molar-refractivity contribution is 7.92. The Bertz CT molecular complexity index is 1570. The summed E-state index contributed by atoms with van der Waals surface area (Å²) in [5, 5.41) is 13.9. The molecule has 10 heteroatoms. The number of para-hydroxylation sites is 2. The fourth-order valence-corrected chi connectivity index (χ4v) is 4.76. The van der Waals surface area contributed by atoms with Crippen molar-refractivity contribution in [2.24, 2.45) is 0 Å². The van der Waals surface area contributed by atoms with Gasteiger partial charge in [-0.25, -0.2) is 0 Å². The fourth-order valence-electron chi connectivity index (χ4n) is 3.51. The van der Waals surface area contributed by atoms with E-state index in [1.165, 1.54) is 24.3 Å². The molecule has 2 N–H and O–H groups in total. The lowest BCUT2D eigenvalue weighted by molar-refractivity contribution is -0.115. The number of amides is 2. The van der Waals surface area contributed by atoms with Crippen LogP contribution in [-0.2, 0) is 21.2 Å². The van der Waals surface area contributed by atoms with E-state index in [-0.39, 0.29) is 23.4 Å². The number of nitriles is 1. The van der Waals surface area contributed by atoms with Crippen molar-refractivity contribution in [2.45, 2.75) is 11.3 Å². The summed E-state index contributed by atoms with van der Waals surface area (Å²) in [7, 11) is -4.16. The van der Waals surface area contributed by atoms with E-state index in [9.17, 15) is 18.0 Å². The smallest absolute Gasteiger partial charge is 0.295 e. The number of carbonyl (C=O) groups is 2. The zero-order valence-electron chi connectivity index (χ0n) is 20.7. The average Bonchev–Trinajstić information content (AvgIpc) is 2.97. The Morgan fingerprint density at radius 3 is 2.05 bits per heavy atom. The normalized spacial score (nSPS) is 10.6. The van der Waals surface area contributed by atoms with Crippen LogP contribution in [0, 0.1) is 11.3 Å². The number of carbonyl (C=O) groups excluding carboxylic acids is 2. The van der Waals surface area contributed by atoms with E-state index in [4.69, 9.17) is 10.1 Å². The highest BCUT2D eigenvalue weighted by Gasteiger charge is 2.27. The van der Waals surface area contributed by atoms with Gasteiger partial charge in [0.25, 0.3) is 15.9 Å². The van der Waals surface area contributed by atoms with Crippen molar-refractivity contribution in [1.29, 1.82) is 5.26 Å². The van der Waals surface area contributed by atoms with Gasteiger partial charge in [0, 0.05) is 11.3 Å². The molecule has 0 radical (unpaired) electrons. The number of hydrogen-bond donors (Lipinski definition) is 2. The predicted molar refractivity (Wildman–Crippen MR) is 146 cm³/mol. The quantitative estimate of drug-likeness (QED) is 0.289. The number of hydrogen-bond acceptors (Lipinski definition) is 6. The molecule has 4 aromatic rings. The van der Waals surface area contributed by atoms with Crippen LogP contribution in [0.2, 0.25) is 0 Å². The van der Waals surface area contributed by atoms with Gasteiger partial charge in [-0.2, -0.15) is 13.7 Å². The minimum Gasteiger partial charge on any atom is -0.364 e. The molecule has 0 aliphatic heterocycles. The van der Waals surface area contributed by atoms with E-state index in [1.54, 1.807) is 84.9 Å². The van der Waals surface area contributed by atoms with Crippen molar-refractivity contribution >= 4 is 33.2 Å². The van der Waals surface area contributed by atoms with Gasteiger partial charge < -0.3 is 15.5 Å². The van der Waals surface area contributed by atoms with E-state index in [0.29, 0.717) is 17.1 Å². The van der Waals surface area contributed by atoms with E-state index < -0.39 is 21.8 Å². The molecule has 0 atom stereocenters. The monoisotopic (exact) mass is 540 g/mol. The summed E-state index contributed by atoms with van der Waals surface area (Å²) in [5.74, 6) is -0.650. The van der Waals surface area contributed by atoms with Gasteiger partial charge in [0.05, 0.1) is 29.6 Å². The number of benzene rings is 4. The molecule has 0 aromatic heterocycles. The molecule has 0 saturated heterocycles. The van der Waals surface area contributed by atoms with Crippen LogP contribution >= 0.6 is 0 Å². The van der Waals surface area contributed by atoms with Crippen LogP contribution in [-0.4, -0.2) is 26.8 Å². The molecule has 0 heterocycles. The molecule has 0 saturated carbocycles. The summed E-state index contributed by atoms with van der Waals surface area (Å²) in [6.07, 6.45) is 0.273. The van der Waals surface area contributed by atoms with Crippen LogP contribution in [0.4, 0.5) is 11.4 Å². The van der Waals surface area contributed by atoms with E-state index in [1.807, 2.05) is 6.07 Å². The van der Waals surface area contributed by atoms with Crippen molar-refractivity contribution in [3.8, 4) is 11.8 Å². The molecule has 4 aromatic carbocycles. The first-order chi connectivity index (χ1) is 18.9. The Kier molecular flexibility index (Phi) is 8.56. The minimum absolute atomic E-state index is 0.0866. The molecular weight excluding hydrogens is 516 g/mol. The lowest BCUT2D eigenvalue weighted by Crippen LogP contribution is -2.34. The maximum absolute atomic E-state index is 13.5. The Morgan fingerprint density at radius 2 is 1.44 bits per heavy atom. The van der Waals surface area contributed by atoms with Crippen LogP contribution in [0.25, 0.3) is 0 Å². The zero-order valence-corrected chi connectivity index (χ0v) is 21.5. The first-order valence-electron chi connectivity index (χ1n) is 11.8. The van der Waals surface area contributed by atoms with Crippen LogP contribution in [0.5, 0.6) is 5.75 Å². The topological polar surface area (TPSA) is 129 Å². The summed E-state index contributed by atoms with van der Waals surface area (Å²) in [6, 6.07) is 31.1. The lowest BCUT2D eigenvalue weighted by Gasteiger charge is -2.24. The van der Waals surface area contributed by atoms with Crippen molar-refractivity contribution in [3.63, 3.8) is 0 Å². The summed E-state index contributed by atoms with van der Waals surface area (Å²) in [4.78, 5) is 30.4. The minimum atomic E-state index is -4.16. The average molecular weight is 541 g/mol. The molecule has 0 fully saturated rings. The van der Waals surface area contributed by atoms with Gasteiger partial charge in [-0.15, -0.1) is 0 Å². The Balaban J connectivity index is 1.42. The van der Waals surface area contributed by atoms with Gasteiger partial charge in [0.15, 0.2) is 5.75 Å². The third kappa shape index (κ3) is 7.00. The second kappa shape index (κ2) is 12.4. The van der Waals surface area contributed by atoms with Crippen molar-refractivity contribution in [2.75, 3.05) is 16.3 Å². The number of nitrogens with one attached hydrogen (secondary N) is 2. The maximum Gasteiger partial charge on any atom is 0.295 e. The van der Waals surface area contributed by atoms with Gasteiger partial charge in [-0.1, -0.05) is 53.0 Å². The van der Waals surface area contributed by atoms with Gasteiger partial charge >= 0.3 is 0 Å². The summed E-state index contributed by atoms with van der Waals surface area (Å²) >= 11 is 0. The molecule has 0 aliphatic rings.